The van der Waals surface area contributed by atoms with Gasteiger partial charge in [-0.25, -0.2) is 0 Å². The molecule has 2 heterocycles. The zero-order valence-corrected chi connectivity index (χ0v) is 13.6. The number of nitrogens with one attached hydrogen (secondary N) is 1. The predicted octanol–water partition coefficient (Wildman–Crippen LogP) is 2.11. The van der Waals surface area contributed by atoms with Crippen LogP contribution in [-0.4, -0.2) is 43.2 Å². The number of hydrogen-bond acceptors (Lipinski definition) is 5. The third-order valence-corrected chi connectivity index (χ3v) is 4.85. The Morgan fingerprint density at radius 3 is 2.79 bits per heavy atom. The SMILES string of the molecule is O=C(NCC1CCOCC1)[C@@H]1CCCN1c1ccccc1[N+](=O)[O-]. The number of para-hydroxylation sites is 2. The van der Waals surface area contributed by atoms with Gasteiger partial charge in [-0.05, 0) is 37.7 Å². The highest BCUT2D eigenvalue weighted by molar-refractivity contribution is 5.87. The second kappa shape index (κ2) is 7.61. The topological polar surface area (TPSA) is 84.7 Å². The molecule has 2 aliphatic rings. The monoisotopic (exact) mass is 333 g/mol. The maximum absolute atomic E-state index is 12.6. The van der Waals surface area contributed by atoms with Crippen LogP contribution >= 0.6 is 0 Å². The Labute approximate surface area is 141 Å². The fourth-order valence-electron chi connectivity index (χ4n) is 3.50. The number of amides is 1. The van der Waals surface area contributed by atoms with Crippen LogP contribution in [0.5, 0.6) is 0 Å². The maximum Gasteiger partial charge on any atom is 0.292 e. The fourth-order valence-corrected chi connectivity index (χ4v) is 3.50. The minimum atomic E-state index is -0.384. The Morgan fingerprint density at radius 1 is 1.29 bits per heavy atom. The molecule has 3 rings (SSSR count). The van der Waals surface area contributed by atoms with E-state index in [-0.39, 0.29) is 22.6 Å². The van der Waals surface area contributed by atoms with Gasteiger partial charge in [-0.2, -0.15) is 0 Å². The predicted molar refractivity (Wildman–Crippen MR) is 90.0 cm³/mol. The number of rotatable bonds is 5. The standard InChI is InChI=1S/C17H23N3O4/c21-17(18-12-13-7-10-24-11-8-13)16-6-3-9-19(16)14-4-1-2-5-15(14)20(22)23/h1-2,4-5,13,16H,3,6-12H2,(H,18,21)/t16-/m0/s1. The minimum Gasteiger partial charge on any atom is -0.381 e. The summed E-state index contributed by atoms with van der Waals surface area (Å²) in [5.41, 5.74) is 0.591. The molecule has 0 spiro atoms. The number of nitro groups is 1. The Balaban J connectivity index is 1.66. The molecule has 0 aliphatic carbocycles. The normalized spacial score (nSPS) is 21.7. The first-order valence-corrected chi connectivity index (χ1v) is 8.52. The smallest absolute Gasteiger partial charge is 0.292 e. The van der Waals surface area contributed by atoms with E-state index in [1.807, 2.05) is 4.90 Å². The molecule has 2 saturated heterocycles. The van der Waals surface area contributed by atoms with Crippen molar-refractivity contribution in [1.29, 1.82) is 0 Å². The van der Waals surface area contributed by atoms with Crippen LogP contribution in [0, 0.1) is 16.0 Å². The largest absolute Gasteiger partial charge is 0.381 e. The van der Waals surface area contributed by atoms with Crippen molar-refractivity contribution in [1.82, 2.24) is 5.32 Å². The zero-order chi connectivity index (χ0) is 16.9. The Kier molecular flexibility index (Phi) is 5.30. The first-order chi connectivity index (χ1) is 11.7. The highest BCUT2D eigenvalue weighted by Crippen LogP contribution is 2.33. The lowest BCUT2D eigenvalue weighted by atomic mass is 10.0. The highest BCUT2D eigenvalue weighted by atomic mass is 16.6. The molecule has 2 fully saturated rings. The summed E-state index contributed by atoms with van der Waals surface area (Å²) in [7, 11) is 0. The van der Waals surface area contributed by atoms with E-state index in [9.17, 15) is 14.9 Å². The summed E-state index contributed by atoms with van der Waals surface area (Å²) in [4.78, 5) is 25.3. The van der Waals surface area contributed by atoms with E-state index in [0.717, 1.165) is 38.9 Å². The molecule has 1 aromatic rings. The van der Waals surface area contributed by atoms with Gasteiger partial charge in [0.1, 0.15) is 11.7 Å². The second-order valence-electron chi connectivity index (χ2n) is 6.40. The third-order valence-electron chi connectivity index (χ3n) is 4.85. The van der Waals surface area contributed by atoms with Crippen LogP contribution in [0.3, 0.4) is 0 Å². The van der Waals surface area contributed by atoms with Gasteiger partial charge in [-0.15, -0.1) is 0 Å². The van der Waals surface area contributed by atoms with Crippen LogP contribution in [-0.2, 0) is 9.53 Å². The summed E-state index contributed by atoms with van der Waals surface area (Å²) in [6.45, 7) is 2.84. The van der Waals surface area contributed by atoms with Gasteiger partial charge in [0.2, 0.25) is 5.91 Å². The number of carbonyl (C=O) groups excluding carboxylic acids is 1. The van der Waals surface area contributed by atoms with Crippen molar-refractivity contribution in [3.63, 3.8) is 0 Å². The van der Waals surface area contributed by atoms with E-state index >= 15 is 0 Å². The average Bonchev–Trinajstić information content (AvgIpc) is 3.10. The maximum atomic E-state index is 12.6. The molecule has 1 aromatic carbocycles. The molecule has 0 unspecified atom stereocenters. The molecule has 2 aliphatic heterocycles. The molecule has 0 radical (unpaired) electrons. The molecular formula is C17H23N3O4. The first-order valence-electron chi connectivity index (χ1n) is 8.52. The quantitative estimate of drug-likeness (QED) is 0.659. The lowest BCUT2D eigenvalue weighted by Gasteiger charge is -2.27. The lowest BCUT2D eigenvalue weighted by molar-refractivity contribution is -0.384. The van der Waals surface area contributed by atoms with Crippen molar-refractivity contribution in [2.24, 2.45) is 5.92 Å². The highest BCUT2D eigenvalue weighted by Gasteiger charge is 2.34. The van der Waals surface area contributed by atoms with Crippen LogP contribution in [0.1, 0.15) is 25.7 Å². The number of anilines is 1. The Morgan fingerprint density at radius 2 is 2.04 bits per heavy atom. The molecule has 1 atom stereocenters. The fraction of sp³-hybridized carbons (Fsp3) is 0.588. The van der Waals surface area contributed by atoms with E-state index in [2.05, 4.69) is 5.32 Å². The van der Waals surface area contributed by atoms with Gasteiger partial charge in [-0.3, -0.25) is 14.9 Å². The van der Waals surface area contributed by atoms with E-state index in [1.54, 1.807) is 18.2 Å². The van der Waals surface area contributed by atoms with Crippen molar-refractivity contribution in [2.45, 2.75) is 31.7 Å². The van der Waals surface area contributed by atoms with Crippen LogP contribution in [0.2, 0.25) is 0 Å². The minimum absolute atomic E-state index is 0.0304. The first kappa shape index (κ1) is 16.7. The van der Waals surface area contributed by atoms with Gasteiger partial charge < -0.3 is 15.0 Å². The van der Waals surface area contributed by atoms with E-state index < -0.39 is 0 Å². The molecule has 24 heavy (non-hydrogen) atoms. The number of nitro benzene ring substituents is 1. The zero-order valence-electron chi connectivity index (χ0n) is 13.6. The number of carbonyl (C=O) groups is 1. The van der Waals surface area contributed by atoms with Crippen LogP contribution in [0.15, 0.2) is 24.3 Å². The van der Waals surface area contributed by atoms with Gasteiger partial charge in [0.05, 0.1) is 4.92 Å². The van der Waals surface area contributed by atoms with Gasteiger partial charge in [0, 0.05) is 32.4 Å². The summed E-state index contributed by atoms with van der Waals surface area (Å²) in [6.07, 6.45) is 3.53. The molecule has 7 heteroatoms. The number of nitrogens with zero attached hydrogens (tertiary/aromatic N) is 2. The van der Waals surface area contributed by atoms with Gasteiger partial charge in [0.25, 0.3) is 5.69 Å². The molecule has 0 aromatic heterocycles. The van der Waals surface area contributed by atoms with Gasteiger partial charge in [-0.1, -0.05) is 12.1 Å². The van der Waals surface area contributed by atoms with Crippen LogP contribution in [0.25, 0.3) is 0 Å². The van der Waals surface area contributed by atoms with Gasteiger partial charge in [0.15, 0.2) is 0 Å². The number of ether oxygens (including phenoxy) is 1. The summed E-state index contributed by atoms with van der Waals surface area (Å²) in [5.74, 6) is 0.431. The van der Waals surface area contributed by atoms with E-state index in [1.165, 1.54) is 6.07 Å². The third kappa shape index (κ3) is 3.67. The molecular weight excluding hydrogens is 310 g/mol. The second-order valence-corrected chi connectivity index (χ2v) is 6.40. The molecule has 0 bridgehead atoms. The molecule has 1 N–H and O–H groups in total. The Hall–Kier alpha value is -2.15. The lowest BCUT2D eigenvalue weighted by Crippen LogP contribution is -2.45. The van der Waals surface area contributed by atoms with Crippen molar-refractivity contribution >= 4 is 17.3 Å². The molecule has 7 nitrogen and oxygen atoms in total. The van der Waals surface area contributed by atoms with E-state index in [0.29, 0.717) is 24.7 Å². The number of benzene rings is 1. The average molecular weight is 333 g/mol. The van der Waals surface area contributed by atoms with Crippen molar-refractivity contribution in [3.05, 3.63) is 34.4 Å². The molecule has 0 saturated carbocycles. The summed E-state index contributed by atoms with van der Waals surface area (Å²) in [6, 6.07) is 6.31. The molecule has 130 valence electrons. The van der Waals surface area contributed by atoms with Crippen molar-refractivity contribution in [2.75, 3.05) is 31.2 Å². The van der Waals surface area contributed by atoms with Gasteiger partial charge >= 0.3 is 0 Å². The van der Waals surface area contributed by atoms with Crippen molar-refractivity contribution < 1.29 is 14.5 Å². The summed E-state index contributed by atoms with van der Waals surface area (Å²) >= 11 is 0. The Bertz CT molecular complexity index is 601. The van der Waals surface area contributed by atoms with Crippen LogP contribution in [0.4, 0.5) is 11.4 Å². The molecule has 1 amide bonds. The number of hydrogen-bond donors (Lipinski definition) is 1. The summed E-state index contributed by atoms with van der Waals surface area (Å²) < 4.78 is 5.33. The van der Waals surface area contributed by atoms with E-state index in [4.69, 9.17) is 4.74 Å². The van der Waals surface area contributed by atoms with Crippen LogP contribution < -0.4 is 10.2 Å². The summed E-state index contributed by atoms with van der Waals surface area (Å²) in [5, 5.41) is 14.3. The van der Waals surface area contributed by atoms with Crippen molar-refractivity contribution in [3.8, 4) is 0 Å².